The lowest BCUT2D eigenvalue weighted by atomic mass is 10.2. The van der Waals surface area contributed by atoms with E-state index in [2.05, 4.69) is 5.32 Å². The van der Waals surface area contributed by atoms with Crippen LogP contribution in [-0.2, 0) is 14.3 Å². The van der Waals surface area contributed by atoms with E-state index in [4.69, 9.17) is 4.74 Å². The number of amides is 1. The number of carbonyl (C=O) groups excluding carboxylic acids is 2. The summed E-state index contributed by atoms with van der Waals surface area (Å²) < 4.78 is 4.75. The molecule has 5 heteroatoms. The molecule has 14 heavy (non-hydrogen) atoms. The molecular formula is C9H18N2O3. The van der Waals surface area contributed by atoms with Gasteiger partial charge in [0.05, 0.1) is 19.1 Å². The molecule has 0 saturated heterocycles. The normalized spacial score (nSPS) is 12.0. The molecule has 1 atom stereocenters. The van der Waals surface area contributed by atoms with Crippen molar-refractivity contribution in [1.82, 2.24) is 10.2 Å². The number of nitrogens with one attached hydrogen (secondary N) is 1. The van der Waals surface area contributed by atoms with Gasteiger partial charge in [-0.25, -0.2) is 0 Å². The van der Waals surface area contributed by atoms with Gasteiger partial charge in [-0.15, -0.1) is 0 Å². The van der Waals surface area contributed by atoms with Crippen LogP contribution in [0.4, 0.5) is 0 Å². The molecule has 0 bridgehead atoms. The van der Waals surface area contributed by atoms with Crippen LogP contribution in [0.5, 0.6) is 0 Å². The predicted octanol–water partition coefficient (Wildman–Crippen LogP) is -0.384. The molecule has 5 nitrogen and oxygen atoms in total. The molecule has 82 valence electrons. The first kappa shape index (κ1) is 12.9. The summed E-state index contributed by atoms with van der Waals surface area (Å²) in [5.41, 5.74) is 0. The molecule has 0 aliphatic rings. The molecular weight excluding hydrogens is 184 g/mol. The lowest BCUT2D eigenvalue weighted by molar-refractivity contribution is -0.146. The van der Waals surface area contributed by atoms with Crippen LogP contribution in [0, 0.1) is 0 Å². The molecule has 0 spiro atoms. The molecule has 0 aromatic heterocycles. The molecule has 0 heterocycles. The van der Waals surface area contributed by atoms with E-state index in [1.54, 1.807) is 28.1 Å². The standard InChI is InChI=1S/C9H18N2O3/c1-5-14-8(12)6-7(10-2)9(13)11(3)4/h7,10H,5-6H2,1-4H3. The Morgan fingerprint density at radius 3 is 2.36 bits per heavy atom. The van der Waals surface area contributed by atoms with Gasteiger partial charge in [0.2, 0.25) is 5.91 Å². The van der Waals surface area contributed by atoms with Crippen molar-refractivity contribution >= 4 is 11.9 Å². The summed E-state index contributed by atoms with van der Waals surface area (Å²) in [4.78, 5) is 24.0. The van der Waals surface area contributed by atoms with E-state index in [9.17, 15) is 9.59 Å². The first-order valence-corrected chi connectivity index (χ1v) is 4.57. The average molecular weight is 202 g/mol. The highest BCUT2D eigenvalue weighted by atomic mass is 16.5. The zero-order chi connectivity index (χ0) is 11.1. The number of ether oxygens (including phenoxy) is 1. The van der Waals surface area contributed by atoms with Crippen LogP contribution in [0.25, 0.3) is 0 Å². The lowest BCUT2D eigenvalue weighted by Crippen LogP contribution is -2.43. The topological polar surface area (TPSA) is 58.6 Å². The Morgan fingerprint density at radius 1 is 1.43 bits per heavy atom. The quantitative estimate of drug-likeness (QED) is 0.617. The molecule has 0 aliphatic carbocycles. The van der Waals surface area contributed by atoms with Crippen molar-refractivity contribution in [1.29, 1.82) is 0 Å². The van der Waals surface area contributed by atoms with Gasteiger partial charge in [0, 0.05) is 14.1 Å². The second-order valence-electron chi connectivity index (χ2n) is 3.08. The van der Waals surface area contributed by atoms with Gasteiger partial charge in [-0.2, -0.15) is 0 Å². The molecule has 0 radical (unpaired) electrons. The number of likely N-dealkylation sites (N-methyl/N-ethyl adjacent to an activating group) is 2. The average Bonchev–Trinajstić information content (AvgIpc) is 2.13. The third kappa shape index (κ3) is 4.23. The summed E-state index contributed by atoms with van der Waals surface area (Å²) in [6.45, 7) is 2.07. The van der Waals surface area contributed by atoms with E-state index < -0.39 is 6.04 Å². The fourth-order valence-corrected chi connectivity index (χ4v) is 1.01. The summed E-state index contributed by atoms with van der Waals surface area (Å²) in [5.74, 6) is -0.484. The van der Waals surface area contributed by atoms with Crippen LogP contribution in [0.1, 0.15) is 13.3 Å². The van der Waals surface area contributed by atoms with Gasteiger partial charge < -0.3 is 15.0 Å². The van der Waals surface area contributed by atoms with Crippen molar-refractivity contribution in [3.63, 3.8) is 0 Å². The molecule has 0 fully saturated rings. The highest BCUT2D eigenvalue weighted by Gasteiger charge is 2.21. The van der Waals surface area contributed by atoms with Crippen molar-refractivity contribution in [2.24, 2.45) is 0 Å². The van der Waals surface area contributed by atoms with Crippen molar-refractivity contribution < 1.29 is 14.3 Å². The zero-order valence-corrected chi connectivity index (χ0v) is 9.16. The van der Waals surface area contributed by atoms with Crippen molar-refractivity contribution in [3.8, 4) is 0 Å². The Hall–Kier alpha value is -1.10. The summed E-state index contributed by atoms with van der Waals surface area (Å²) in [5, 5.41) is 2.78. The van der Waals surface area contributed by atoms with Crippen LogP contribution in [0.3, 0.4) is 0 Å². The molecule has 1 N–H and O–H groups in total. The molecule has 0 rings (SSSR count). The van der Waals surface area contributed by atoms with Crippen LogP contribution < -0.4 is 5.32 Å². The predicted molar refractivity (Wildman–Crippen MR) is 52.8 cm³/mol. The maximum Gasteiger partial charge on any atom is 0.307 e. The fraction of sp³-hybridized carbons (Fsp3) is 0.778. The minimum absolute atomic E-state index is 0.0708. The number of hydrogen-bond acceptors (Lipinski definition) is 4. The molecule has 1 amide bonds. The maximum absolute atomic E-state index is 11.5. The van der Waals surface area contributed by atoms with Crippen LogP contribution in [0.2, 0.25) is 0 Å². The first-order valence-electron chi connectivity index (χ1n) is 4.57. The molecule has 0 aliphatic heterocycles. The summed E-state index contributed by atoms with van der Waals surface area (Å²) in [6, 6.07) is -0.496. The van der Waals surface area contributed by atoms with E-state index in [1.807, 2.05) is 0 Å². The highest BCUT2D eigenvalue weighted by Crippen LogP contribution is 1.98. The van der Waals surface area contributed by atoms with Gasteiger partial charge in [0.15, 0.2) is 0 Å². The van der Waals surface area contributed by atoms with Crippen molar-refractivity contribution in [2.45, 2.75) is 19.4 Å². The SMILES string of the molecule is CCOC(=O)CC(NC)C(=O)N(C)C. The summed E-state index contributed by atoms with van der Waals surface area (Å²) in [7, 11) is 4.95. The Labute approximate surface area is 84.4 Å². The van der Waals surface area contributed by atoms with E-state index >= 15 is 0 Å². The van der Waals surface area contributed by atoms with E-state index in [-0.39, 0.29) is 18.3 Å². The third-order valence-corrected chi connectivity index (χ3v) is 1.76. The Bertz CT molecular complexity index is 204. The highest BCUT2D eigenvalue weighted by molar-refractivity contribution is 5.86. The largest absolute Gasteiger partial charge is 0.466 e. The third-order valence-electron chi connectivity index (χ3n) is 1.76. The first-order chi connectivity index (χ1) is 6.52. The smallest absolute Gasteiger partial charge is 0.307 e. The Balaban J connectivity index is 4.15. The minimum Gasteiger partial charge on any atom is -0.466 e. The lowest BCUT2D eigenvalue weighted by Gasteiger charge is -2.18. The van der Waals surface area contributed by atoms with E-state index in [1.165, 1.54) is 4.90 Å². The second-order valence-corrected chi connectivity index (χ2v) is 3.08. The fourth-order valence-electron chi connectivity index (χ4n) is 1.01. The van der Waals surface area contributed by atoms with Crippen LogP contribution >= 0.6 is 0 Å². The van der Waals surface area contributed by atoms with E-state index in [0.29, 0.717) is 6.61 Å². The molecule has 0 aromatic carbocycles. The number of rotatable bonds is 5. The van der Waals surface area contributed by atoms with Crippen molar-refractivity contribution in [2.75, 3.05) is 27.7 Å². The maximum atomic E-state index is 11.5. The van der Waals surface area contributed by atoms with Gasteiger partial charge in [-0.1, -0.05) is 0 Å². The molecule has 0 aromatic rings. The Kier molecular flexibility index (Phi) is 5.87. The van der Waals surface area contributed by atoms with Gasteiger partial charge in [0.1, 0.15) is 0 Å². The summed E-state index contributed by atoms with van der Waals surface area (Å²) in [6.07, 6.45) is 0.0708. The van der Waals surface area contributed by atoms with Crippen LogP contribution in [0.15, 0.2) is 0 Å². The number of nitrogens with zero attached hydrogens (tertiary/aromatic N) is 1. The molecule has 0 saturated carbocycles. The van der Waals surface area contributed by atoms with Crippen LogP contribution in [-0.4, -0.2) is 50.6 Å². The van der Waals surface area contributed by atoms with E-state index in [0.717, 1.165) is 0 Å². The number of carbonyl (C=O) groups is 2. The van der Waals surface area contributed by atoms with Gasteiger partial charge in [-0.05, 0) is 14.0 Å². The Morgan fingerprint density at radius 2 is 2.00 bits per heavy atom. The van der Waals surface area contributed by atoms with Crippen molar-refractivity contribution in [3.05, 3.63) is 0 Å². The number of hydrogen-bond donors (Lipinski definition) is 1. The number of esters is 1. The van der Waals surface area contributed by atoms with Gasteiger partial charge in [-0.3, -0.25) is 9.59 Å². The second kappa shape index (κ2) is 6.37. The zero-order valence-electron chi connectivity index (χ0n) is 9.16. The van der Waals surface area contributed by atoms with Gasteiger partial charge >= 0.3 is 5.97 Å². The van der Waals surface area contributed by atoms with Gasteiger partial charge in [0.25, 0.3) is 0 Å². The monoisotopic (exact) mass is 202 g/mol. The minimum atomic E-state index is -0.496. The summed E-state index contributed by atoms with van der Waals surface area (Å²) >= 11 is 0. The molecule has 1 unspecified atom stereocenters.